The molecule has 2 aromatic carbocycles. The summed E-state index contributed by atoms with van der Waals surface area (Å²) in [4.78, 5) is 6.71. The number of hydrogen-bond donors (Lipinski definition) is 0. The first-order chi connectivity index (χ1) is 12.6. The number of rotatable bonds is 4. The Morgan fingerprint density at radius 3 is 2.42 bits per heavy atom. The Balaban J connectivity index is 1.61. The van der Waals surface area contributed by atoms with Gasteiger partial charge in [-0.25, -0.2) is 4.98 Å². The van der Waals surface area contributed by atoms with E-state index >= 15 is 0 Å². The average molecular weight is 353 g/mol. The first kappa shape index (κ1) is 16.9. The van der Waals surface area contributed by atoms with E-state index in [1.54, 1.807) is 18.2 Å². The lowest BCUT2D eigenvalue weighted by molar-refractivity contribution is 0.0652. The number of aromatic nitrogens is 2. The molecule has 2 heterocycles. The lowest BCUT2D eigenvalue weighted by atomic mass is 9.99. The van der Waals surface area contributed by atoms with Crippen LogP contribution in [0.15, 0.2) is 60.7 Å². The second-order valence-electron chi connectivity index (χ2n) is 6.62. The second-order valence-corrected chi connectivity index (χ2v) is 6.62. The summed E-state index contributed by atoms with van der Waals surface area (Å²) in [5, 5.41) is 0. The van der Waals surface area contributed by atoms with Crippen LogP contribution in [0.1, 0.15) is 37.3 Å². The SMILES string of the molecule is C[C@H](c1nc2ccccc2n1C(F)F)N1CC=C(c2ccccc2)CC1. The second kappa shape index (κ2) is 7.00. The zero-order chi connectivity index (χ0) is 18.1. The van der Waals surface area contributed by atoms with E-state index in [1.807, 2.05) is 31.2 Å². The maximum Gasteiger partial charge on any atom is 0.320 e. The molecule has 3 nitrogen and oxygen atoms in total. The molecule has 1 atom stereocenters. The number of halogens is 2. The van der Waals surface area contributed by atoms with E-state index < -0.39 is 6.55 Å². The molecule has 0 spiro atoms. The van der Waals surface area contributed by atoms with Crippen molar-refractivity contribution in [2.75, 3.05) is 13.1 Å². The molecule has 1 aromatic heterocycles. The molecule has 134 valence electrons. The highest BCUT2D eigenvalue weighted by molar-refractivity contribution is 5.76. The van der Waals surface area contributed by atoms with Gasteiger partial charge in [0.25, 0.3) is 0 Å². The van der Waals surface area contributed by atoms with E-state index in [4.69, 9.17) is 0 Å². The average Bonchev–Trinajstić information content (AvgIpc) is 3.08. The molecule has 0 N–H and O–H groups in total. The van der Waals surface area contributed by atoms with Crippen molar-refractivity contribution in [3.8, 4) is 0 Å². The van der Waals surface area contributed by atoms with Gasteiger partial charge in [0, 0.05) is 13.1 Å². The van der Waals surface area contributed by atoms with E-state index in [2.05, 4.69) is 28.1 Å². The fourth-order valence-corrected chi connectivity index (χ4v) is 3.68. The molecule has 26 heavy (non-hydrogen) atoms. The summed E-state index contributed by atoms with van der Waals surface area (Å²) >= 11 is 0. The molecule has 0 amide bonds. The van der Waals surface area contributed by atoms with Gasteiger partial charge in [-0.1, -0.05) is 48.5 Å². The van der Waals surface area contributed by atoms with Gasteiger partial charge in [0.15, 0.2) is 0 Å². The first-order valence-corrected chi connectivity index (χ1v) is 8.88. The third kappa shape index (κ3) is 3.03. The van der Waals surface area contributed by atoms with E-state index in [1.165, 1.54) is 11.1 Å². The van der Waals surface area contributed by atoms with Crippen LogP contribution < -0.4 is 0 Å². The molecule has 0 saturated heterocycles. The number of alkyl halides is 2. The summed E-state index contributed by atoms with van der Waals surface area (Å²) in [5.74, 6) is 0.428. The van der Waals surface area contributed by atoms with Gasteiger partial charge < -0.3 is 0 Å². The molecular formula is C21H21F2N3. The number of imidazole rings is 1. The number of fused-ring (bicyclic) bond motifs is 1. The number of para-hydroxylation sites is 2. The van der Waals surface area contributed by atoms with Crippen LogP contribution in [0.5, 0.6) is 0 Å². The summed E-state index contributed by atoms with van der Waals surface area (Å²) in [7, 11) is 0. The topological polar surface area (TPSA) is 21.1 Å². The van der Waals surface area contributed by atoms with Crippen molar-refractivity contribution in [2.45, 2.75) is 25.9 Å². The van der Waals surface area contributed by atoms with Crippen molar-refractivity contribution >= 4 is 16.6 Å². The van der Waals surface area contributed by atoms with Crippen molar-refractivity contribution in [3.63, 3.8) is 0 Å². The summed E-state index contributed by atoms with van der Waals surface area (Å²) in [6.45, 7) is 0.924. The molecule has 0 unspecified atom stereocenters. The Morgan fingerprint density at radius 1 is 1.00 bits per heavy atom. The third-order valence-corrected chi connectivity index (χ3v) is 5.12. The molecule has 0 bridgehead atoms. The molecule has 0 radical (unpaired) electrons. The minimum Gasteiger partial charge on any atom is -0.290 e. The van der Waals surface area contributed by atoms with Crippen molar-refractivity contribution in [3.05, 3.63) is 72.1 Å². The maximum absolute atomic E-state index is 13.7. The van der Waals surface area contributed by atoms with Crippen molar-refractivity contribution in [1.29, 1.82) is 0 Å². The van der Waals surface area contributed by atoms with E-state index in [-0.39, 0.29) is 6.04 Å². The highest BCUT2D eigenvalue weighted by Crippen LogP contribution is 2.32. The van der Waals surface area contributed by atoms with Gasteiger partial charge >= 0.3 is 6.55 Å². The van der Waals surface area contributed by atoms with Gasteiger partial charge in [-0.3, -0.25) is 9.47 Å². The third-order valence-electron chi connectivity index (χ3n) is 5.12. The molecule has 5 heteroatoms. The van der Waals surface area contributed by atoms with E-state index in [0.717, 1.165) is 24.1 Å². The monoisotopic (exact) mass is 353 g/mol. The fraction of sp³-hybridized carbons (Fsp3) is 0.286. The quantitative estimate of drug-likeness (QED) is 0.636. The Labute approximate surface area is 151 Å². The summed E-state index contributed by atoms with van der Waals surface area (Å²) in [5.41, 5.74) is 3.66. The Hall–Kier alpha value is -2.53. The smallest absolute Gasteiger partial charge is 0.290 e. The van der Waals surface area contributed by atoms with Crippen LogP contribution >= 0.6 is 0 Å². The van der Waals surface area contributed by atoms with Crippen LogP contribution in [0.25, 0.3) is 16.6 Å². The maximum atomic E-state index is 13.7. The van der Waals surface area contributed by atoms with Crippen molar-refractivity contribution in [1.82, 2.24) is 14.5 Å². The molecule has 0 fully saturated rings. The largest absolute Gasteiger partial charge is 0.320 e. The molecule has 0 saturated carbocycles. The van der Waals surface area contributed by atoms with Crippen LogP contribution in [-0.4, -0.2) is 27.5 Å². The van der Waals surface area contributed by atoms with Gasteiger partial charge in [-0.2, -0.15) is 8.78 Å². The molecule has 1 aliphatic rings. The predicted octanol–water partition coefficient (Wildman–Crippen LogP) is 5.28. The minimum absolute atomic E-state index is 0.176. The summed E-state index contributed by atoms with van der Waals surface area (Å²) in [6, 6.07) is 17.2. The van der Waals surface area contributed by atoms with Crippen molar-refractivity contribution in [2.24, 2.45) is 0 Å². The Bertz CT molecular complexity index is 931. The molecule has 4 rings (SSSR count). The summed E-state index contributed by atoms with van der Waals surface area (Å²) in [6.07, 6.45) is 3.11. The number of nitrogens with zero attached hydrogens (tertiary/aromatic N) is 3. The van der Waals surface area contributed by atoms with E-state index in [0.29, 0.717) is 16.9 Å². The molecule has 0 aliphatic carbocycles. The number of hydrogen-bond acceptors (Lipinski definition) is 2. The van der Waals surface area contributed by atoms with Gasteiger partial charge in [-0.05, 0) is 36.6 Å². The minimum atomic E-state index is -2.60. The Kier molecular flexibility index (Phi) is 4.55. The molecule has 1 aliphatic heterocycles. The van der Waals surface area contributed by atoms with Crippen LogP contribution in [0.2, 0.25) is 0 Å². The summed E-state index contributed by atoms with van der Waals surface area (Å²) < 4.78 is 28.5. The highest BCUT2D eigenvalue weighted by Gasteiger charge is 2.26. The van der Waals surface area contributed by atoms with Gasteiger partial charge in [0.2, 0.25) is 0 Å². The van der Waals surface area contributed by atoms with Crippen molar-refractivity contribution < 1.29 is 8.78 Å². The predicted molar refractivity (Wildman–Crippen MR) is 100 cm³/mol. The normalized spacial score (nSPS) is 16.8. The van der Waals surface area contributed by atoms with Crippen LogP contribution in [-0.2, 0) is 0 Å². The zero-order valence-electron chi connectivity index (χ0n) is 14.6. The Morgan fingerprint density at radius 2 is 1.73 bits per heavy atom. The fourth-order valence-electron chi connectivity index (χ4n) is 3.68. The highest BCUT2D eigenvalue weighted by atomic mass is 19.3. The lowest BCUT2D eigenvalue weighted by Crippen LogP contribution is -2.33. The molecule has 3 aromatic rings. The van der Waals surface area contributed by atoms with Gasteiger partial charge in [-0.15, -0.1) is 0 Å². The standard InChI is InChI=1S/C21H21F2N3/c1-15(20-24-18-9-5-6-10-19(18)26(20)21(22)23)25-13-11-17(12-14-25)16-7-3-2-4-8-16/h2-11,15,21H,12-14H2,1H3/t15-/m1/s1. The van der Waals surface area contributed by atoms with Gasteiger partial charge in [0.05, 0.1) is 17.1 Å². The molecular weight excluding hydrogens is 332 g/mol. The van der Waals surface area contributed by atoms with Gasteiger partial charge in [0.1, 0.15) is 5.82 Å². The van der Waals surface area contributed by atoms with Crippen LogP contribution in [0, 0.1) is 0 Å². The van der Waals surface area contributed by atoms with Crippen LogP contribution in [0.3, 0.4) is 0 Å². The first-order valence-electron chi connectivity index (χ1n) is 8.88. The van der Waals surface area contributed by atoms with Crippen LogP contribution in [0.4, 0.5) is 8.78 Å². The zero-order valence-corrected chi connectivity index (χ0v) is 14.6. The van der Waals surface area contributed by atoms with E-state index in [9.17, 15) is 8.78 Å². The number of benzene rings is 2. The lowest BCUT2D eigenvalue weighted by Gasteiger charge is -2.31.